The van der Waals surface area contributed by atoms with Crippen molar-refractivity contribution in [3.63, 3.8) is 0 Å². The summed E-state index contributed by atoms with van der Waals surface area (Å²) in [6.45, 7) is 2.43. The van der Waals surface area contributed by atoms with Crippen LogP contribution < -0.4 is 0 Å². The van der Waals surface area contributed by atoms with Crippen LogP contribution in [0.4, 0.5) is 0 Å². The van der Waals surface area contributed by atoms with Gasteiger partial charge in [-0.05, 0) is 30.4 Å². The number of benzene rings is 1. The Hall–Kier alpha value is -0.870. The second-order valence-corrected chi connectivity index (χ2v) is 6.33. The number of amides is 1. The van der Waals surface area contributed by atoms with Crippen molar-refractivity contribution in [1.82, 2.24) is 4.90 Å². The van der Waals surface area contributed by atoms with Crippen molar-refractivity contribution in [3.05, 3.63) is 35.4 Å². The number of hydrogen-bond donors (Lipinski definition) is 0. The first-order valence-corrected chi connectivity index (χ1v) is 8.46. The molecule has 1 unspecified atom stereocenters. The molecule has 20 heavy (non-hydrogen) atoms. The van der Waals surface area contributed by atoms with E-state index in [-0.39, 0.29) is 5.92 Å². The number of hydrogen-bond acceptors (Lipinski definition) is 2. The number of carbonyl (C=O) groups excluding carboxylic acids is 1. The third-order valence-electron chi connectivity index (χ3n) is 4.34. The molecule has 3 nitrogen and oxygen atoms in total. The highest BCUT2D eigenvalue weighted by atomic mass is 79.9. The molecule has 1 saturated heterocycles. The predicted molar refractivity (Wildman–Crippen MR) is 82.2 cm³/mol. The minimum absolute atomic E-state index is 0.103. The fourth-order valence-corrected chi connectivity index (χ4v) is 3.34. The molecule has 0 radical (unpaired) electrons. The maximum atomic E-state index is 12.5. The predicted octanol–water partition coefficient (Wildman–Crippen LogP) is 2.73. The van der Waals surface area contributed by atoms with Crippen molar-refractivity contribution in [2.75, 3.05) is 25.0 Å². The van der Waals surface area contributed by atoms with Gasteiger partial charge in [0, 0.05) is 18.4 Å². The Bertz CT molecular complexity index is 483. The van der Waals surface area contributed by atoms with Gasteiger partial charge in [-0.1, -0.05) is 40.2 Å². The lowest BCUT2D eigenvalue weighted by Crippen LogP contribution is -2.45. The number of piperidine rings is 1. The highest BCUT2D eigenvalue weighted by Gasteiger charge is 2.35. The molecule has 1 aromatic rings. The zero-order chi connectivity index (χ0) is 13.9. The van der Waals surface area contributed by atoms with Crippen LogP contribution in [0.25, 0.3) is 0 Å². The minimum Gasteiger partial charge on any atom is -0.377 e. The number of nitrogens with zero attached hydrogens (tertiary/aromatic N) is 1. The number of halogens is 1. The molecule has 3 rings (SSSR count). The van der Waals surface area contributed by atoms with Crippen molar-refractivity contribution >= 4 is 21.8 Å². The number of likely N-dealkylation sites (tertiary alicyclic amines) is 1. The Morgan fingerprint density at radius 3 is 2.75 bits per heavy atom. The van der Waals surface area contributed by atoms with Crippen LogP contribution in [0.5, 0.6) is 0 Å². The van der Waals surface area contributed by atoms with Gasteiger partial charge in [0.25, 0.3) is 0 Å². The summed E-state index contributed by atoms with van der Waals surface area (Å²) >= 11 is 3.37. The van der Waals surface area contributed by atoms with E-state index in [0.717, 1.165) is 44.3 Å². The lowest BCUT2D eigenvalue weighted by molar-refractivity contribution is -0.136. The standard InChI is InChI=1S/C16H20BrNO2/c17-7-10-20-13-5-8-18(9-6-13)16(19)15-11-12-3-1-2-4-14(12)15/h1-4,13,15H,5-11H2. The van der Waals surface area contributed by atoms with E-state index < -0.39 is 0 Å². The molecule has 1 atom stereocenters. The summed E-state index contributed by atoms with van der Waals surface area (Å²) in [5, 5.41) is 0.880. The molecule has 1 aliphatic carbocycles. The van der Waals surface area contributed by atoms with Crippen LogP contribution in [-0.2, 0) is 16.0 Å². The van der Waals surface area contributed by atoms with Crippen molar-refractivity contribution in [2.24, 2.45) is 0 Å². The highest BCUT2D eigenvalue weighted by Crippen LogP contribution is 2.36. The number of rotatable bonds is 4. The molecule has 1 fully saturated rings. The molecule has 1 amide bonds. The minimum atomic E-state index is 0.103. The molecule has 108 valence electrons. The maximum Gasteiger partial charge on any atom is 0.230 e. The van der Waals surface area contributed by atoms with Crippen molar-refractivity contribution in [1.29, 1.82) is 0 Å². The maximum absolute atomic E-state index is 12.5. The Balaban J connectivity index is 1.53. The third kappa shape index (κ3) is 2.77. The number of carbonyl (C=O) groups is 1. The van der Waals surface area contributed by atoms with Crippen molar-refractivity contribution in [2.45, 2.75) is 31.3 Å². The van der Waals surface area contributed by atoms with E-state index in [0.29, 0.717) is 12.0 Å². The summed E-state index contributed by atoms with van der Waals surface area (Å²) < 4.78 is 5.73. The molecular formula is C16H20BrNO2. The van der Waals surface area contributed by atoms with Crippen molar-refractivity contribution in [3.8, 4) is 0 Å². The topological polar surface area (TPSA) is 29.5 Å². The van der Waals surface area contributed by atoms with Crippen LogP contribution in [0.2, 0.25) is 0 Å². The summed E-state index contributed by atoms with van der Waals surface area (Å²) in [5.74, 6) is 0.411. The largest absolute Gasteiger partial charge is 0.377 e. The van der Waals surface area contributed by atoms with E-state index in [1.165, 1.54) is 11.1 Å². The van der Waals surface area contributed by atoms with E-state index in [2.05, 4.69) is 28.1 Å². The fraction of sp³-hybridized carbons (Fsp3) is 0.562. The Kier molecular flexibility index (Phi) is 4.41. The Labute approximate surface area is 128 Å². The lowest BCUT2D eigenvalue weighted by atomic mass is 9.76. The molecule has 0 saturated carbocycles. The molecule has 2 aliphatic rings. The van der Waals surface area contributed by atoms with Crippen LogP contribution in [0.1, 0.15) is 29.9 Å². The van der Waals surface area contributed by atoms with E-state index in [1.54, 1.807) is 0 Å². The van der Waals surface area contributed by atoms with Crippen LogP contribution in [0, 0.1) is 0 Å². The zero-order valence-electron chi connectivity index (χ0n) is 11.6. The molecule has 1 aromatic carbocycles. The first-order valence-electron chi connectivity index (χ1n) is 7.33. The molecule has 0 N–H and O–H groups in total. The summed E-state index contributed by atoms with van der Waals surface area (Å²) in [4.78, 5) is 14.6. The molecule has 0 spiro atoms. The van der Waals surface area contributed by atoms with E-state index >= 15 is 0 Å². The second-order valence-electron chi connectivity index (χ2n) is 5.54. The van der Waals surface area contributed by atoms with E-state index in [9.17, 15) is 4.79 Å². The van der Waals surface area contributed by atoms with Gasteiger partial charge in [0.2, 0.25) is 5.91 Å². The monoisotopic (exact) mass is 337 g/mol. The van der Waals surface area contributed by atoms with Gasteiger partial charge in [-0.25, -0.2) is 0 Å². The Morgan fingerprint density at radius 1 is 1.30 bits per heavy atom. The fourth-order valence-electron chi connectivity index (χ4n) is 3.15. The van der Waals surface area contributed by atoms with Gasteiger partial charge in [0.15, 0.2) is 0 Å². The van der Waals surface area contributed by atoms with Gasteiger partial charge < -0.3 is 9.64 Å². The summed E-state index contributed by atoms with van der Waals surface area (Å²) in [6.07, 6.45) is 3.17. The van der Waals surface area contributed by atoms with Crippen molar-refractivity contribution < 1.29 is 9.53 Å². The summed E-state index contributed by atoms with van der Waals surface area (Å²) in [6, 6.07) is 8.29. The number of alkyl halides is 1. The zero-order valence-corrected chi connectivity index (χ0v) is 13.1. The molecule has 0 aromatic heterocycles. The summed E-state index contributed by atoms with van der Waals surface area (Å²) in [7, 11) is 0. The average molecular weight is 338 g/mol. The molecule has 0 bridgehead atoms. The third-order valence-corrected chi connectivity index (χ3v) is 4.66. The smallest absolute Gasteiger partial charge is 0.230 e. The van der Waals surface area contributed by atoms with Gasteiger partial charge in [0.1, 0.15) is 0 Å². The average Bonchev–Trinajstić information content (AvgIpc) is 2.47. The lowest BCUT2D eigenvalue weighted by Gasteiger charge is -2.37. The molecule has 1 aliphatic heterocycles. The van der Waals surface area contributed by atoms with E-state index in [4.69, 9.17) is 4.74 Å². The first kappa shape index (κ1) is 14.1. The van der Waals surface area contributed by atoms with Gasteiger partial charge in [-0.3, -0.25) is 4.79 Å². The number of fused-ring (bicyclic) bond motifs is 1. The van der Waals surface area contributed by atoms with Gasteiger partial charge in [-0.15, -0.1) is 0 Å². The second kappa shape index (κ2) is 6.27. The normalized spacial score (nSPS) is 22.2. The highest BCUT2D eigenvalue weighted by molar-refractivity contribution is 9.09. The number of ether oxygens (including phenoxy) is 1. The SMILES string of the molecule is O=C(C1Cc2ccccc21)N1CCC(OCCBr)CC1. The van der Waals surface area contributed by atoms with Gasteiger partial charge >= 0.3 is 0 Å². The van der Waals surface area contributed by atoms with Crippen LogP contribution in [-0.4, -0.2) is 41.9 Å². The van der Waals surface area contributed by atoms with Crippen LogP contribution >= 0.6 is 15.9 Å². The van der Waals surface area contributed by atoms with Gasteiger partial charge in [0.05, 0.1) is 18.6 Å². The molecule has 4 heteroatoms. The Morgan fingerprint density at radius 2 is 2.05 bits per heavy atom. The van der Waals surface area contributed by atoms with Gasteiger partial charge in [-0.2, -0.15) is 0 Å². The van der Waals surface area contributed by atoms with Crippen LogP contribution in [0.3, 0.4) is 0 Å². The van der Waals surface area contributed by atoms with E-state index in [1.807, 2.05) is 17.0 Å². The molecular weight excluding hydrogens is 318 g/mol. The van der Waals surface area contributed by atoms with Crippen LogP contribution in [0.15, 0.2) is 24.3 Å². The summed E-state index contributed by atoms with van der Waals surface area (Å²) in [5.41, 5.74) is 2.57. The first-order chi connectivity index (χ1) is 9.79. The quantitative estimate of drug-likeness (QED) is 0.790. The molecule has 1 heterocycles.